The molecule has 0 unspecified atom stereocenters. The van der Waals surface area contributed by atoms with Crippen LogP contribution in [-0.4, -0.2) is 22.2 Å². The van der Waals surface area contributed by atoms with E-state index in [2.05, 4.69) is 24.4 Å². The van der Waals surface area contributed by atoms with Crippen molar-refractivity contribution < 1.29 is 4.79 Å². The van der Waals surface area contributed by atoms with Gasteiger partial charge in [0.2, 0.25) is 0 Å². The quantitative estimate of drug-likeness (QED) is 0.733. The Morgan fingerprint density at radius 3 is 2.58 bits per heavy atom. The molecule has 1 aliphatic carbocycles. The average molecular weight is 345 g/mol. The smallest absolute Gasteiger partial charge is 0.270 e. The first-order valence-corrected chi connectivity index (χ1v) is 9.20. The standard InChI is InChI=1S/C22H23N3O/c1-16-7-5-6-8-17(16)13-14-23-22(26)21-15-20(18-11-12-18)24-25(21)19-9-3-2-4-10-19/h2-10,15,18H,11-14H2,1H3,(H,23,26). The lowest BCUT2D eigenvalue weighted by Gasteiger charge is -2.09. The van der Waals surface area contributed by atoms with E-state index in [4.69, 9.17) is 5.10 Å². The second-order valence-corrected chi connectivity index (χ2v) is 6.91. The molecule has 0 aliphatic heterocycles. The van der Waals surface area contributed by atoms with Crippen molar-refractivity contribution >= 4 is 5.91 Å². The van der Waals surface area contributed by atoms with Gasteiger partial charge in [0.15, 0.2) is 0 Å². The lowest BCUT2D eigenvalue weighted by Crippen LogP contribution is -2.28. The molecule has 1 fully saturated rings. The Morgan fingerprint density at radius 1 is 1.12 bits per heavy atom. The highest BCUT2D eigenvalue weighted by atomic mass is 16.2. The van der Waals surface area contributed by atoms with Crippen LogP contribution in [-0.2, 0) is 6.42 Å². The van der Waals surface area contributed by atoms with Crippen LogP contribution >= 0.6 is 0 Å². The molecule has 132 valence electrons. The van der Waals surface area contributed by atoms with E-state index in [9.17, 15) is 4.79 Å². The second-order valence-electron chi connectivity index (χ2n) is 6.91. The number of hydrogen-bond acceptors (Lipinski definition) is 2. The van der Waals surface area contributed by atoms with Gasteiger partial charge >= 0.3 is 0 Å². The van der Waals surface area contributed by atoms with Crippen molar-refractivity contribution in [2.24, 2.45) is 0 Å². The highest BCUT2D eigenvalue weighted by Crippen LogP contribution is 2.39. The highest BCUT2D eigenvalue weighted by molar-refractivity contribution is 5.93. The largest absolute Gasteiger partial charge is 0.350 e. The summed E-state index contributed by atoms with van der Waals surface area (Å²) in [5.41, 5.74) is 5.08. The number of aromatic nitrogens is 2. The van der Waals surface area contributed by atoms with Gasteiger partial charge in [0.25, 0.3) is 5.91 Å². The number of aryl methyl sites for hydroxylation is 1. The van der Waals surface area contributed by atoms with E-state index >= 15 is 0 Å². The van der Waals surface area contributed by atoms with Crippen LogP contribution in [0.1, 0.15) is 46.1 Å². The van der Waals surface area contributed by atoms with Crippen molar-refractivity contribution in [3.63, 3.8) is 0 Å². The summed E-state index contributed by atoms with van der Waals surface area (Å²) in [4.78, 5) is 12.8. The van der Waals surface area contributed by atoms with E-state index in [1.54, 1.807) is 4.68 Å². The van der Waals surface area contributed by atoms with Crippen molar-refractivity contribution in [1.29, 1.82) is 0 Å². The maximum Gasteiger partial charge on any atom is 0.270 e. The third-order valence-electron chi connectivity index (χ3n) is 4.90. The molecule has 1 saturated carbocycles. The molecule has 0 spiro atoms. The molecule has 4 rings (SSSR count). The molecule has 1 amide bonds. The summed E-state index contributed by atoms with van der Waals surface area (Å²) in [6, 6.07) is 20.1. The van der Waals surface area contributed by atoms with Crippen LogP contribution in [0.5, 0.6) is 0 Å². The van der Waals surface area contributed by atoms with Gasteiger partial charge in [-0.2, -0.15) is 5.10 Å². The number of hydrogen-bond donors (Lipinski definition) is 1. The summed E-state index contributed by atoms with van der Waals surface area (Å²) in [6.45, 7) is 2.71. The van der Waals surface area contributed by atoms with E-state index in [1.165, 1.54) is 24.0 Å². The molecule has 2 aromatic carbocycles. The van der Waals surface area contributed by atoms with Crippen LogP contribution in [0.4, 0.5) is 0 Å². The summed E-state index contributed by atoms with van der Waals surface area (Å²) in [6.07, 6.45) is 3.16. The van der Waals surface area contributed by atoms with E-state index in [0.29, 0.717) is 18.2 Å². The first-order valence-electron chi connectivity index (χ1n) is 9.20. The van der Waals surface area contributed by atoms with Crippen LogP contribution in [0.25, 0.3) is 5.69 Å². The molecule has 4 nitrogen and oxygen atoms in total. The third-order valence-corrected chi connectivity index (χ3v) is 4.90. The van der Waals surface area contributed by atoms with Crippen LogP contribution in [0.2, 0.25) is 0 Å². The molecule has 3 aromatic rings. The molecule has 1 aromatic heterocycles. The Balaban J connectivity index is 1.51. The van der Waals surface area contributed by atoms with Crippen LogP contribution in [0, 0.1) is 6.92 Å². The summed E-state index contributed by atoms with van der Waals surface area (Å²) in [5, 5.41) is 7.76. The number of amides is 1. The topological polar surface area (TPSA) is 46.9 Å². The van der Waals surface area contributed by atoms with Gasteiger partial charge in [0.05, 0.1) is 11.4 Å². The van der Waals surface area contributed by atoms with Crippen LogP contribution < -0.4 is 5.32 Å². The minimum atomic E-state index is -0.0677. The van der Waals surface area contributed by atoms with Gasteiger partial charge in [0.1, 0.15) is 5.69 Å². The predicted octanol–water partition coefficient (Wildman–Crippen LogP) is 4.03. The summed E-state index contributed by atoms with van der Waals surface area (Å²) in [7, 11) is 0. The average Bonchev–Trinajstić information content (AvgIpc) is 3.42. The second kappa shape index (κ2) is 7.16. The molecule has 0 saturated heterocycles. The molecule has 0 radical (unpaired) electrons. The fourth-order valence-electron chi connectivity index (χ4n) is 3.20. The summed E-state index contributed by atoms with van der Waals surface area (Å²) in [5.74, 6) is 0.445. The van der Waals surface area contributed by atoms with Gasteiger partial charge in [-0.05, 0) is 55.5 Å². The van der Waals surface area contributed by atoms with Crippen molar-refractivity contribution in [3.8, 4) is 5.69 Å². The fraction of sp³-hybridized carbons (Fsp3) is 0.273. The van der Waals surface area contributed by atoms with Crippen molar-refractivity contribution in [2.75, 3.05) is 6.54 Å². The zero-order chi connectivity index (χ0) is 17.9. The van der Waals surface area contributed by atoms with Gasteiger partial charge in [0, 0.05) is 12.5 Å². The predicted molar refractivity (Wildman–Crippen MR) is 103 cm³/mol. The number of nitrogens with one attached hydrogen (secondary N) is 1. The lowest BCUT2D eigenvalue weighted by atomic mass is 10.1. The Morgan fingerprint density at radius 2 is 1.85 bits per heavy atom. The molecular weight excluding hydrogens is 322 g/mol. The van der Waals surface area contributed by atoms with Crippen molar-refractivity contribution in [3.05, 3.63) is 83.2 Å². The van der Waals surface area contributed by atoms with Gasteiger partial charge in [-0.25, -0.2) is 4.68 Å². The minimum absolute atomic E-state index is 0.0677. The third kappa shape index (κ3) is 3.54. The number of carbonyl (C=O) groups is 1. The van der Waals surface area contributed by atoms with E-state index in [-0.39, 0.29) is 5.91 Å². The Kier molecular flexibility index (Phi) is 4.57. The normalized spacial score (nSPS) is 13.6. The van der Waals surface area contributed by atoms with Crippen molar-refractivity contribution in [1.82, 2.24) is 15.1 Å². The Labute approximate surface area is 153 Å². The van der Waals surface area contributed by atoms with Gasteiger partial charge in [-0.15, -0.1) is 0 Å². The molecule has 1 heterocycles. The lowest BCUT2D eigenvalue weighted by molar-refractivity contribution is 0.0946. The molecule has 4 heteroatoms. The van der Waals surface area contributed by atoms with E-state index in [0.717, 1.165) is 17.8 Å². The maximum absolute atomic E-state index is 12.8. The molecule has 1 aliphatic rings. The van der Waals surface area contributed by atoms with E-state index in [1.807, 2.05) is 48.5 Å². The van der Waals surface area contributed by atoms with Gasteiger partial charge in [-0.1, -0.05) is 42.5 Å². The molecule has 26 heavy (non-hydrogen) atoms. The summed E-state index contributed by atoms with van der Waals surface area (Å²) < 4.78 is 1.77. The number of nitrogens with zero attached hydrogens (tertiary/aromatic N) is 2. The number of para-hydroxylation sites is 1. The summed E-state index contributed by atoms with van der Waals surface area (Å²) >= 11 is 0. The number of rotatable bonds is 6. The van der Waals surface area contributed by atoms with Crippen LogP contribution in [0.3, 0.4) is 0 Å². The monoisotopic (exact) mass is 345 g/mol. The van der Waals surface area contributed by atoms with Crippen molar-refractivity contribution in [2.45, 2.75) is 32.1 Å². The molecule has 0 atom stereocenters. The first-order chi connectivity index (χ1) is 12.7. The SMILES string of the molecule is Cc1ccccc1CCNC(=O)c1cc(C2CC2)nn1-c1ccccc1. The minimum Gasteiger partial charge on any atom is -0.350 e. The highest BCUT2D eigenvalue weighted by Gasteiger charge is 2.28. The Hall–Kier alpha value is -2.88. The van der Waals surface area contributed by atoms with Gasteiger partial charge in [-0.3, -0.25) is 4.79 Å². The zero-order valence-electron chi connectivity index (χ0n) is 15.0. The van der Waals surface area contributed by atoms with Crippen LogP contribution in [0.15, 0.2) is 60.7 Å². The molecular formula is C22H23N3O. The van der Waals surface area contributed by atoms with Gasteiger partial charge < -0.3 is 5.32 Å². The fourth-order valence-corrected chi connectivity index (χ4v) is 3.20. The van der Waals surface area contributed by atoms with E-state index < -0.39 is 0 Å². The first kappa shape index (κ1) is 16.6. The number of carbonyl (C=O) groups excluding carboxylic acids is 1. The number of benzene rings is 2. The molecule has 1 N–H and O–H groups in total. The molecule has 0 bridgehead atoms. The zero-order valence-corrected chi connectivity index (χ0v) is 15.0. The Bertz CT molecular complexity index is 910. The maximum atomic E-state index is 12.8.